The molecule has 0 radical (unpaired) electrons. The van der Waals surface area contributed by atoms with Gasteiger partial charge in [0.05, 0.1) is 0 Å². The van der Waals surface area contributed by atoms with Crippen molar-refractivity contribution in [1.29, 1.82) is 0 Å². The van der Waals surface area contributed by atoms with Crippen molar-refractivity contribution in [1.82, 2.24) is 5.32 Å². The molecule has 1 aromatic rings. The number of aryl methyl sites for hydroxylation is 1. The van der Waals surface area contributed by atoms with Gasteiger partial charge in [0.1, 0.15) is 0 Å². The summed E-state index contributed by atoms with van der Waals surface area (Å²) in [6.07, 6.45) is 18.5. The predicted octanol–water partition coefficient (Wildman–Crippen LogP) is 6.43. The van der Waals surface area contributed by atoms with Crippen molar-refractivity contribution >= 4 is 0 Å². The summed E-state index contributed by atoms with van der Waals surface area (Å²) in [5.74, 6) is 0. The highest BCUT2D eigenvalue weighted by atomic mass is 14.8. The molecule has 0 spiro atoms. The third-order valence-electron chi connectivity index (χ3n) is 4.53. The lowest BCUT2D eigenvalue weighted by molar-refractivity contribution is 0.552. The predicted molar refractivity (Wildman–Crippen MR) is 104 cm³/mol. The van der Waals surface area contributed by atoms with Gasteiger partial charge in [-0.15, -0.1) is 6.58 Å². The summed E-state index contributed by atoms with van der Waals surface area (Å²) in [5.41, 5.74) is 2.87. The molecule has 1 nitrogen and oxygen atoms in total. The van der Waals surface area contributed by atoms with Crippen molar-refractivity contribution < 1.29 is 0 Å². The van der Waals surface area contributed by atoms with Crippen LogP contribution in [0.4, 0.5) is 0 Å². The lowest BCUT2D eigenvalue weighted by Gasteiger charge is -2.05. The third kappa shape index (κ3) is 11.1. The summed E-state index contributed by atoms with van der Waals surface area (Å²) < 4.78 is 0. The first-order valence-electron chi connectivity index (χ1n) is 9.70. The molecular formula is C22H37N. The second-order valence-corrected chi connectivity index (χ2v) is 6.71. The molecule has 1 aromatic carbocycles. The number of rotatable bonds is 15. The van der Waals surface area contributed by atoms with E-state index in [1.807, 2.05) is 13.1 Å². The Labute approximate surface area is 144 Å². The van der Waals surface area contributed by atoms with E-state index in [4.69, 9.17) is 0 Å². The Bertz CT molecular complexity index is 379. The quantitative estimate of drug-likeness (QED) is 0.290. The van der Waals surface area contributed by atoms with E-state index in [1.54, 1.807) is 0 Å². The van der Waals surface area contributed by atoms with E-state index in [9.17, 15) is 0 Å². The number of allylic oxidation sites excluding steroid dienone is 1. The molecule has 23 heavy (non-hydrogen) atoms. The first-order chi connectivity index (χ1) is 11.4. The van der Waals surface area contributed by atoms with Crippen LogP contribution in [0.2, 0.25) is 0 Å². The molecule has 0 saturated carbocycles. The fraction of sp³-hybridized carbons (Fsp3) is 0.636. The molecule has 1 heteroatoms. The smallest absolute Gasteiger partial charge is 0.0202 e. The van der Waals surface area contributed by atoms with Gasteiger partial charge in [-0.05, 0) is 43.9 Å². The average Bonchev–Trinajstić information content (AvgIpc) is 2.57. The van der Waals surface area contributed by atoms with Crippen LogP contribution in [0.3, 0.4) is 0 Å². The summed E-state index contributed by atoms with van der Waals surface area (Å²) >= 11 is 0. The van der Waals surface area contributed by atoms with E-state index in [0.717, 1.165) is 6.54 Å². The average molecular weight is 316 g/mol. The Hall–Kier alpha value is -1.08. The Balaban J connectivity index is 1.88. The summed E-state index contributed by atoms with van der Waals surface area (Å²) in [5, 5.41) is 3.19. The molecule has 1 rings (SSSR count). The molecule has 0 aliphatic heterocycles. The summed E-state index contributed by atoms with van der Waals surface area (Å²) in [6, 6.07) is 9.08. The number of hydrogen-bond donors (Lipinski definition) is 1. The van der Waals surface area contributed by atoms with Crippen LogP contribution in [-0.4, -0.2) is 7.05 Å². The van der Waals surface area contributed by atoms with Gasteiger partial charge in [-0.1, -0.05) is 81.7 Å². The highest BCUT2D eigenvalue weighted by Crippen LogP contribution is 2.13. The molecule has 0 atom stereocenters. The zero-order valence-corrected chi connectivity index (χ0v) is 15.3. The monoisotopic (exact) mass is 315 g/mol. The zero-order chi connectivity index (χ0) is 16.6. The minimum Gasteiger partial charge on any atom is -0.316 e. The number of hydrogen-bond acceptors (Lipinski definition) is 1. The first kappa shape index (κ1) is 20.0. The van der Waals surface area contributed by atoms with E-state index >= 15 is 0 Å². The molecular weight excluding hydrogens is 278 g/mol. The van der Waals surface area contributed by atoms with Crippen LogP contribution in [-0.2, 0) is 13.0 Å². The molecule has 0 aliphatic carbocycles. The van der Waals surface area contributed by atoms with Crippen molar-refractivity contribution in [2.45, 2.75) is 83.6 Å². The molecule has 0 fully saturated rings. The normalized spacial score (nSPS) is 10.8. The maximum Gasteiger partial charge on any atom is 0.0202 e. The van der Waals surface area contributed by atoms with Gasteiger partial charge in [0.15, 0.2) is 0 Å². The highest BCUT2D eigenvalue weighted by molar-refractivity contribution is 5.22. The highest BCUT2D eigenvalue weighted by Gasteiger charge is 1.96. The number of unbranched alkanes of at least 4 members (excludes halogenated alkanes) is 10. The van der Waals surface area contributed by atoms with E-state index in [-0.39, 0.29) is 0 Å². The number of benzene rings is 1. The van der Waals surface area contributed by atoms with Gasteiger partial charge >= 0.3 is 0 Å². The maximum atomic E-state index is 3.77. The lowest BCUT2D eigenvalue weighted by Crippen LogP contribution is -2.04. The molecule has 0 unspecified atom stereocenters. The molecule has 0 aromatic heterocycles. The third-order valence-corrected chi connectivity index (χ3v) is 4.53. The van der Waals surface area contributed by atoms with Crippen LogP contribution in [0.25, 0.3) is 0 Å². The van der Waals surface area contributed by atoms with Gasteiger partial charge in [0.25, 0.3) is 0 Å². The van der Waals surface area contributed by atoms with E-state index in [2.05, 4.69) is 36.2 Å². The van der Waals surface area contributed by atoms with Gasteiger partial charge in [-0.3, -0.25) is 0 Å². The van der Waals surface area contributed by atoms with Gasteiger partial charge < -0.3 is 5.32 Å². The standard InChI is InChI=1S/C22H37N/c1-3-4-5-6-7-8-9-10-11-12-13-14-15-21-16-18-22(19-17-21)20-23-2/h3,16-19,23H,1,4-15,20H2,2H3. The fourth-order valence-electron chi connectivity index (χ4n) is 3.06. The van der Waals surface area contributed by atoms with Crippen LogP contribution < -0.4 is 5.32 Å². The molecule has 1 N–H and O–H groups in total. The van der Waals surface area contributed by atoms with Crippen LogP contribution in [0.1, 0.15) is 81.8 Å². The number of nitrogens with one attached hydrogen (secondary N) is 1. The van der Waals surface area contributed by atoms with E-state index in [1.165, 1.54) is 88.2 Å². The largest absolute Gasteiger partial charge is 0.316 e. The Kier molecular flexibility index (Phi) is 12.6. The topological polar surface area (TPSA) is 12.0 Å². The Morgan fingerprint density at radius 2 is 1.22 bits per heavy atom. The Morgan fingerprint density at radius 1 is 0.739 bits per heavy atom. The maximum absolute atomic E-state index is 3.77. The van der Waals surface area contributed by atoms with Crippen LogP contribution in [0.15, 0.2) is 36.9 Å². The molecule has 0 saturated heterocycles. The summed E-state index contributed by atoms with van der Waals surface area (Å²) in [6.45, 7) is 4.74. The molecule has 0 bridgehead atoms. The van der Waals surface area contributed by atoms with E-state index < -0.39 is 0 Å². The zero-order valence-electron chi connectivity index (χ0n) is 15.3. The van der Waals surface area contributed by atoms with Crippen molar-refractivity contribution in [2.24, 2.45) is 0 Å². The van der Waals surface area contributed by atoms with Gasteiger partial charge in [0, 0.05) is 6.54 Å². The minimum absolute atomic E-state index is 0.967. The first-order valence-corrected chi connectivity index (χ1v) is 9.70. The summed E-state index contributed by atoms with van der Waals surface area (Å²) in [7, 11) is 2.00. The molecule has 130 valence electrons. The second kappa shape index (κ2) is 14.5. The lowest BCUT2D eigenvalue weighted by atomic mass is 10.0. The molecule has 0 amide bonds. The van der Waals surface area contributed by atoms with Crippen LogP contribution >= 0.6 is 0 Å². The molecule has 0 aliphatic rings. The Morgan fingerprint density at radius 3 is 1.74 bits per heavy atom. The fourth-order valence-corrected chi connectivity index (χ4v) is 3.06. The molecule has 0 heterocycles. The minimum atomic E-state index is 0.967. The van der Waals surface area contributed by atoms with Crippen molar-refractivity contribution in [2.75, 3.05) is 7.05 Å². The van der Waals surface area contributed by atoms with Crippen molar-refractivity contribution in [3.8, 4) is 0 Å². The second-order valence-electron chi connectivity index (χ2n) is 6.71. The van der Waals surface area contributed by atoms with Crippen molar-refractivity contribution in [3.05, 3.63) is 48.0 Å². The van der Waals surface area contributed by atoms with E-state index in [0.29, 0.717) is 0 Å². The summed E-state index contributed by atoms with van der Waals surface area (Å²) in [4.78, 5) is 0. The van der Waals surface area contributed by atoms with Gasteiger partial charge in [-0.2, -0.15) is 0 Å². The van der Waals surface area contributed by atoms with Gasteiger partial charge in [0.2, 0.25) is 0 Å². The van der Waals surface area contributed by atoms with Crippen LogP contribution in [0, 0.1) is 0 Å². The SMILES string of the molecule is C=CCCCCCCCCCCCCc1ccc(CNC)cc1. The van der Waals surface area contributed by atoms with Crippen molar-refractivity contribution in [3.63, 3.8) is 0 Å². The van der Waals surface area contributed by atoms with Gasteiger partial charge in [-0.25, -0.2) is 0 Å². The van der Waals surface area contributed by atoms with Crippen LogP contribution in [0.5, 0.6) is 0 Å².